The summed E-state index contributed by atoms with van der Waals surface area (Å²) in [7, 11) is 1.59. The van der Waals surface area contributed by atoms with Gasteiger partial charge in [-0.3, -0.25) is 14.4 Å². The van der Waals surface area contributed by atoms with Crippen LogP contribution in [-0.2, 0) is 9.59 Å². The first-order chi connectivity index (χ1) is 16.5. The average Bonchev–Trinajstić information content (AvgIpc) is 2.89. The number of amides is 3. The van der Waals surface area contributed by atoms with E-state index in [0.717, 1.165) is 16.7 Å². The van der Waals surface area contributed by atoms with Gasteiger partial charge in [0.05, 0.1) is 12.0 Å². The summed E-state index contributed by atoms with van der Waals surface area (Å²) in [6.07, 6.45) is 0. The van der Waals surface area contributed by atoms with Crippen molar-refractivity contribution in [1.82, 2.24) is 15.1 Å². The Morgan fingerprint density at radius 2 is 1.47 bits per heavy atom. The molecular weight excluding hydrogens is 426 g/mol. The SMILES string of the molecule is CNC(=O)c1cccc(C2CN(C(C)=O)CCN2C(=O)C(c2ccccc2)c2ccccc2)c1. The van der Waals surface area contributed by atoms with E-state index in [2.05, 4.69) is 5.32 Å². The second-order valence-electron chi connectivity index (χ2n) is 8.47. The van der Waals surface area contributed by atoms with Gasteiger partial charge in [0.1, 0.15) is 0 Å². The van der Waals surface area contributed by atoms with Crippen molar-refractivity contribution in [3.63, 3.8) is 0 Å². The molecule has 0 aliphatic carbocycles. The van der Waals surface area contributed by atoms with Crippen LogP contribution in [0.4, 0.5) is 0 Å². The van der Waals surface area contributed by atoms with Gasteiger partial charge in [-0.2, -0.15) is 0 Å². The topological polar surface area (TPSA) is 69.7 Å². The third kappa shape index (κ3) is 4.86. The molecule has 0 bridgehead atoms. The van der Waals surface area contributed by atoms with E-state index in [4.69, 9.17) is 0 Å². The maximum atomic E-state index is 14.2. The molecule has 4 rings (SSSR count). The summed E-state index contributed by atoms with van der Waals surface area (Å²) in [6.45, 7) is 2.83. The van der Waals surface area contributed by atoms with Gasteiger partial charge in [-0.15, -0.1) is 0 Å². The molecule has 0 spiro atoms. The molecule has 0 aromatic heterocycles. The first-order valence-electron chi connectivity index (χ1n) is 11.5. The van der Waals surface area contributed by atoms with E-state index in [1.54, 1.807) is 24.9 Å². The van der Waals surface area contributed by atoms with Crippen molar-refractivity contribution in [2.75, 3.05) is 26.7 Å². The number of benzene rings is 3. The first-order valence-corrected chi connectivity index (χ1v) is 11.5. The van der Waals surface area contributed by atoms with Crippen molar-refractivity contribution in [2.45, 2.75) is 18.9 Å². The molecule has 1 saturated heterocycles. The van der Waals surface area contributed by atoms with Gasteiger partial charge < -0.3 is 15.1 Å². The Morgan fingerprint density at radius 3 is 2.03 bits per heavy atom. The molecule has 1 aliphatic rings. The van der Waals surface area contributed by atoms with Crippen LogP contribution >= 0.6 is 0 Å². The number of rotatable bonds is 5. The molecule has 3 aromatic rings. The van der Waals surface area contributed by atoms with E-state index >= 15 is 0 Å². The number of piperazine rings is 1. The van der Waals surface area contributed by atoms with Crippen LogP contribution in [0.1, 0.15) is 45.9 Å². The van der Waals surface area contributed by atoms with Gasteiger partial charge in [0.2, 0.25) is 11.8 Å². The average molecular weight is 456 g/mol. The summed E-state index contributed by atoms with van der Waals surface area (Å²) in [5.74, 6) is -0.695. The molecule has 3 aromatic carbocycles. The van der Waals surface area contributed by atoms with E-state index < -0.39 is 5.92 Å². The van der Waals surface area contributed by atoms with Gasteiger partial charge in [0.25, 0.3) is 5.91 Å². The summed E-state index contributed by atoms with van der Waals surface area (Å²) >= 11 is 0. The highest BCUT2D eigenvalue weighted by Gasteiger charge is 2.37. The fraction of sp³-hybridized carbons (Fsp3) is 0.250. The summed E-state index contributed by atoms with van der Waals surface area (Å²) in [5.41, 5.74) is 3.20. The molecule has 0 saturated carbocycles. The van der Waals surface area contributed by atoms with Crippen LogP contribution in [0, 0.1) is 0 Å². The molecule has 174 valence electrons. The summed E-state index contributed by atoms with van der Waals surface area (Å²) in [6, 6.07) is 26.5. The van der Waals surface area contributed by atoms with Crippen LogP contribution in [0.2, 0.25) is 0 Å². The molecule has 3 amide bonds. The number of hydrogen-bond acceptors (Lipinski definition) is 3. The number of hydrogen-bond donors (Lipinski definition) is 1. The largest absolute Gasteiger partial charge is 0.355 e. The third-order valence-corrected chi connectivity index (χ3v) is 6.38. The lowest BCUT2D eigenvalue weighted by Crippen LogP contribution is -2.53. The minimum Gasteiger partial charge on any atom is -0.355 e. The molecule has 0 radical (unpaired) electrons. The van der Waals surface area contributed by atoms with Crippen LogP contribution < -0.4 is 5.32 Å². The van der Waals surface area contributed by atoms with Crippen molar-refractivity contribution >= 4 is 17.7 Å². The molecule has 6 heteroatoms. The number of nitrogens with zero attached hydrogens (tertiary/aromatic N) is 2. The van der Waals surface area contributed by atoms with Gasteiger partial charge in [0, 0.05) is 39.2 Å². The minimum atomic E-state index is -0.462. The van der Waals surface area contributed by atoms with Gasteiger partial charge >= 0.3 is 0 Å². The zero-order valence-corrected chi connectivity index (χ0v) is 19.5. The van der Waals surface area contributed by atoms with Crippen molar-refractivity contribution < 1.29 is 14.4 Å². The van der Waals surface area contributed by atoms with Crippen LogP contribution in [0.5, 0.6) is 0 Å². The second-order valence-corrected chi connectivity index (χ2v) is 8.47. The first kappa shape index (κ1) is 23.2. The van der Waals surface area contributed by atoms with Gasteiger partial charge in [0.15, 0.2) is 0 Å². The Balaban J connectivity index is 1.75. The van der Waals surface area contributed by atoms with E-state index in [1.165, 1.54) is 0 Å². The zero-order valence-electron chi connectivity index (χ0n) is 19.5. The Labute approximate surface area is 200 Å². The van der Waals surface area contributed by atoms with E-state index in [9.17, 15) is 14.4 Å². The Morgan fingerprint density at radius 1 is 0.853 bits per heavy atom. The number of carbonyl (C=O) groups is 3. The maximum Gasteiger partial charge on any atom is 0.251 e. The van der Waals surface area contributed by atoms with Gasteiger partial charge in [-0.25, -0.2) is 0 Å². The number of carbonyl (C=O) groups excluding carboxylic acids is 3. The highest BCUT2D eigenvalue weighted by molar-refractivity contribution is 5.94. The lowest BCUT2D eigenvalue weighted by molar-refractivity contribution is -0.142. The smallest absolute Gasteiger partial charge is 0.251 e. The summed E-state index contributed by atoms with van der Waals surface area (Å²) in [4.78, 5) is 42.3. The number of nitrogens with one attached hydrogen (secondary N) is 1. The molecule has 1 atom stereocenters. The fourth-order valence-corrected chi connectivity index (χ4v) is 4.58. The van der Waals surface area contributed by atoms with Gasteiger partial charge in [-0.1, -0.05) is 72.8 Å². The molecule has 1 N–H and O–H groups in total. The van der Waals surface area contributed by atoms with Gasteiger partial charge in [-0.05, 0) is 28.8 Å². The summed E-state index contributed by atoms with van der Waals surface area (Å²) < 4.78 is 0. The van der Waals surface area contributed by atoms with Crippen molar-refractivity contribution in [2.24, 2.45) is 0 Å². The van der Waals surface area contributed by atoms with Crippen molar-refractivity contribution in [3.8, 4) is 0 Å². The second kappa shape index (κ2) is 10.3. The lowest BCUT2D eigenvalue weighted by atomic mass is 9.88. The van der Waals surface area contributed by atoms with E-state index in [-0.39, 0.29) is 23.8 Å². The highest BCUT2D eigenvalue weighted by atomic mass is 16.2. The molecular formula is C28H29N3O3. The molecule has 34 heavy (non-hydrogen) atoms. The molecule has 1 heterocycles. The van der Waals surface area contributed by atoms with Crippen LogP contribution in [0.3, 0.4) is 0 Å². The fourth-order valence-electron chi connectivity index (χ4n) is 4.58. The Bertz CT molecular complexity index is 1120. The molecule has 6 nitrogen and oxygen atoms in total. The van der Waals surface area contributed by atoms with Crippen LogP contribution in [-0.4, -0.2) is 54.2 Å². The Hall–Kier alpha value is -3.93. The zero-order chi connectivity index (χ0) is 24.1. The lowest BCUT2D eigenvalue weighted by Gasteiger charge is -2.43. The summed E-state index contributed by atoms with van der Waals surface area (Å²) in [5, 5.41) is 2.65. The monoisotopic (exact) mass is 455 g/mol. The normalized spacial score (nSPS) is 15.8. The van der Waals surface area contributed by atoms with Crippen molar-refractivity contribution in [3.05, 3.63) is 107 Å². The third-order valence-electron chi connectivity index (χ3n) is 6.38. The highest BCUT2D eigenvalue weighted by Crippen LogP contribution is 2.33. The molecule has 1 fully saturated rings. The van der Waals surface area contributed by atoms with Crippen molar-refractivity contribution in [1.29, 1.82) is 0 Å². The van der Waals surface area contributed by atoms with E-state index in [1.807, 2.05) is 83.8 Å². The Kier molecular flexibility index (Phi) is 7.07. The minimum absolute atomic E-state index is 0.0176. The quantitative estimate of drug-likeness (QED) is 0.639. The molecule has 1 aliphatic heterocycles. The van der Waals surface area contributed by atoms with Crippen LogP contribution in [0.15, 0.2) is 84.9 Å². The predicted molar refractivity (Wildman–Crippen MR) is 131 cm³/mol. The predicted octanol–water partition coefficient (Wildman–Crippen LogP) is 3.61. The maximum absolute atomic E-state index is 14.2. The standard InChI is InChI=1S/C28H29N3O3/c1-20(32)30-16-17-31(25(19-30)23-14-9-15-24(18-23)27(33)29-2)28(34)26(21-10-5-3-6-11-21)22-12-7-4-8-13-22/h3-15,18,25-26H,16-17,19H2,1-2H3,(H,29,33). The van der Waals surface area contributed by atoms with Crippen LogP contribution in [0.25, 0.3) is 0 Å². The molecule has 1 unspecified atom stereocenters. The van der Waals surface area contributed by atoms with E-state index in [0.29, 0.717) is 25.2 Å².